The van der Waals surface area contributed by atoms with Gasteiger partial charge in [0.1, 0.15) is 6.10 Å². The van der Waals surface area contributed by atoms with Gasteiger partial charge in [-0.1, -0.05) is 25.1 Å². The van der Waals surface area contributed by atoms with Crippen molar-refractivity contribution >= 4 is 28.1 Å². The molecule has 5 aliphatic rings. The lowest BCUT2D eigenvalue weighted by Crippen LogP contribution is -2.68. The van der Waals surface area contributed by atoms with Crippen LogP contribution in [0.1, 0.15) is 51.0 Å². The van der Waals surface area contributed by atoms with Crippen LogP contribution in [-0.4, -0.2) is 73.7 Å². The van der Waals surface area contributed by atoms with E-state index in [1.807, 2.05) is 25.1 Å². The summed E-state index contributed by atoms with van der Waals surface area (Å²) in [6.07, 6.45) is 9.50. The lowest BCUT2D eigenvalue weighted by atomic mass is 9.54. The van der Waals surface area contributed by atoms with Gasteiger partial charge in [-0.15, -0.1) is 11.6 Å². The molecule has 0 amide bonds. The molecule has 2 N–H and O–H groups in total. The number of ether oxygens (including phenoxy) is 1. The van der Waals surface area contributed by atoms with Crippen LogP contribution in [0.25, 0.3) is 16.5 Å². The molecule has 3 aliphatic carbocycles. The van der Waals surface area contributed by atoms with Crippen LogP contribution in [0.4, 0.5) is 0 Å². The summed E-state index contributed by atoms with van der Waals surface area (Å²) in [4.78, 5) is 1.33. The second-order valence-corrected chi connectivity index (χ2v) is 12.9. The Morgan fingerprint density at radius 1 is 1.11 bits per heavy atom. The van der Waals surface area contributed by atoms with Gasteiger partial charge >= 0.3 is 0 Å². The molecule has 3 fully saturated rings. The van der Waals surface area contributed by atoms with Crippen molar-refractivity contribution in [3.63, 3.8) is 0 Å². The topological polar surface area (TPSA) is 78.7 Å². The Balaban J connectivity index is 1.30. The zero-order chi connectivity index (χ0) is 25.1. The maximum atomic E-state index is 11.2. The summed E-state index contributed by atoms with van der Waals surface area (Å²) in [5, 5.41) is 31.5. The standard InChI is InChI=1S/C29H34ClN3O3/c1-26-9-11-28(30)15-20-24(34)25(35)22(33(2)3)16-27(20)10-12-29(28,36-27)23(26)7-5-19(26)17-4-6-21-18(14-17)8-13-31-32-21/h4-6,8,13-15,22-25,34-35H,7,9-12,16H2,1-3H3. The van der Waals surface area contributed by atoms with Gasteiger partial charge in [-0.05, 0) is 92.9 Å². The summed E-state index contributed by atoms with van der Waals surface area (Å²) in [6.45, 7) is 2.40. The summed E-state index contributed by atoms with van der Waals surface area (Å²) >= 11 is 7.55. The zero-order valence-electron chi connectivity index (χ0n) is 21.1. The molecule has 8 atom stereocenters. The van der Waals surface area contributed by atoms with Crippen molar-refractivity contribution < 1.29 is 14.9 Å². The van der Waals surface area contributed by atoms with Gasteiger partial charge in [0.15, 0.2) is 0 Å². The summed E-state index contributed by atoms with van der Waals surface area (Å²) in [6, 6.07) is 8.33. The third-order valence-electron chi connectivity index (χ3n) is 10.5. The first kappa shape index (κ1) is 23.3. The number of hydrogen-bond acceptors (Lipinski definition) is 6. The molecule has 8 unspecified atom stereocenters. The molecule has 7 heteroatoms. The van der Waals surface area contributed by atoms with Crippen molar-refractivity contribution in [2.45, 2.75) is 79.8 Å². The van der Waals surface area contributed by atoms with Crippen molar-refractivity contribution in [2.75, 3.05) is 14.1 Å². The van der Waals surface area contributed by atoms with Gasteiger partial charge < -0.3 is 19.8 Å². The van der Waals surface area contributed by atoms with E-state index in [2.05, 4.69) is 47.5 Å². The van der Waals surface area contributed by atoms with Gasteiger partial charge in [0.2, 0.25) is 0 Å². The fourth-order valence-electron chi connectivity index (χ4n) is 8.59. The molecule has 7 rings (SSSR count). The Kier molecular flexibility index (Phi) is 4.78. The van der Waals surface area contributed by atoms with E-state index in [1.54, 1.807) is 6.20 Å². The quantitative estimate of drug-likeness (QED) is 0.471. The van der Waals surface area contributed by atoms with Crippen molar-refractivity contribution in [1.29, 1.82) is 0 Å². The van der Waals surface area contributed by atoms with Crippen LogP contribution in [-0.2, 0) is 4.74 Å². The highest BCUT2D eigenvalue weighted by atomic mass is 35.5. The summed E-state index contributed by atoms with van der Waals surface area (Å²) in [5.74, 6) is 0.247. The third kappa shape index (κ3) is 2.77. The minimum absolute atomic E-state index is 0.0584. The Labute approximate surface area is 217 Å². The predicted molar refractivity (Wildman–Crippen MR) is 140 cm³/mol. The number of allylic oxidation sites excluding steroid dienone is 2. The molecule has 1 aromatic heterocycles. The van der Waals surface area contributed by atoms with Gasteiger partial charge in [0.05, 0.1) is 33.9 Å². The Bertz CT molecular complexity index is 1330. The molecule has 1 aromatic carbocycles. The van der Waals surface area contributed by atoms with Gasteiger partial charge in [0, 0.05) is 17.3 Å². The minimum atomic E-state index is -0.954. The molecular weight excluding hydrogens is 474 g/mol. The van der Waals surface area contributed by atoms with Gasteiger partial charge in [-0.3, -0.25) is 0 Å². The summed E-state index contributed by atoms with van der Waals surface area (Å²) < 4.78 is 7.27. The smallest absolute Gasteiger partial charge is 0.105 e. The monoisotopic (exact) mass is 507 g/mol. The Morgan fingerprint density at radius 3 is 2.75 bits per heavy atom. The first-order valence-corrected chi connectivity index (χ1v) is 13.6. The molecule has 2 spiro atoms. The maximum Gasteiger partial charge on any atom is 0.105 e. The van der Waals surface area contributed by atoms with E-state index >= 15 is 0 Å². The lowest BCUT2D eigenvalue weighted by molar-refractivity contribution is -0.199. The summed E-state index contributed by atoms with van der Waals surface area (Å²) in [7, 11) is 3.93. The van der Waals surface area contributed by atoms with E-state index < -0.39 is 28.3 Å². The molecule has 190 valence electrons. The average Bonchev–Trinajstić information content (AvgIpc) is 3.39. The van der Waals surface area contributed by atoms with Gasteiger partial charge in [-0.25, -0.2) is 0 Å². The van der Waals surface area contributed by atoms with E-state index in [-0.39, 0.29) is 17.4 Å². The zero-order valence-corrected chi connectivity index (χ0v) is 21.9. The predicted octanol–water partition coefficient (Wildman–Crippen LogP) is 4.09. The number of halogens is 1. The van der Waals surface area contributed by atoms with Crippen LogP contribution < -0.4 is 0 Å². The van der Waals surface area contributed by atoms with Crippen LogP contribution in [0, 0.1) is 11.3 Å². The lowest BCUT2D eigenvalue weighted by Gasteiger charge is -2.61. The highest BCUT2D eigenvalue weighted by Crippen LogP contribution is 2.71. The SMILES string of the molecule is CN(C)C1CC23CCC4(O2)C2CC=C(c5ccc6nnccc6c5)C2(C)CCC4(Cl)C=C3C(O)C1O. The number of aliphatic hydroxyl groups excluding tert-OH is 2. The van der Waals surface area contributed by atoms with E-state index in [9.17, 15) is 10.2 Å². The number of alkyl halides is 1. The van der Waals surface area contributed by atoms with Crippen molar-refractivity contribution in [3.8, 4) is 0 Å². The number of likely N-dealkylation sites (N-methyl/N-ethyl adjacent to an activating group) is 1. The second kappa shape index (κ2) is 7.39. The van der Waals surface area contributed by atoms with Gasteiger partial charge in [0.25, 0.3) is 0 Å². The number of aliphatic hydroxyl groups is 2. The van der Waals surface area contributed by atoms with E-state index in [0.29, 0.717) is 6.42 Å². The van der Waals surface area contributed by atoms with Gasteiger partial charge in [-0.2, -0.15) is 10.2 Å². The van der Waals surface area contributed by atoms with Crippen LogP contribution >= 0.6 is 11.6 Å². The largest absolute Gasteiger partial charge is 0.388 e. The highest BCUT2D eigenvalue weighted by molar-refractivity contribution is 6.26. The molecule has 0 radical (unpaired) electrons. The number of nitrogens with zero attached hydrogens (tertiary/aromatic N) is 3. The minimum Gasteiger partial charge on any atom is -0.388 e. The summed E-state index contributed by atoms with van der Waals surface area (Å²) in [5.41, 5.74) is 3.21. The Hall–Kier alpha value is -1.83. The van der Waals surface area contributed by atoms with Crippen molar-refractivity contribution in [1.82, 2.24) is 15.1 Å². The van der Waals surface area contributed by atoms with E-state index in [4.69, 9.17) is 16.3 Å². The van der Waals surface area contributed by atoms with Crippen LogP contribution in [0.5, 0.6) is 0 Å². The molecule has 3 heterocycles. The van der Waals surface area contributed by atoms with E-state index in [0.717, 1.165) is 48.6 Å². The fraction of sp³-hybridized carbons (Fsp3) is 0.586. The number of aromatic nitrogens is 2. The van der Waals surface area contributed by atoms with E-state index in [1.165, 1.54) is 11.1 Å². The van der Waals surface area contributed by atoms with Crippen LogP contribution in [0.2, 0.25) is 0 Å². The average molecular weight is 508 g/mol. The first-order chi connectivity index (χ1) is 17.1. The van der Waals surface area contributed by atoms with Crippen molar-refractivity contribution in [2.24, 2.45) is 11.3 Å². The number of hydrogen-bond donors (Lipinski definition) is 2. The fourth-order valence-corrected chi connectivity index (χ4v) is 9.06. The van der Waals surface area contributed by atoms with Crippen molar-refractivity contribution in [3.05, 3.63) is 53.8 Å². The molecule has 2 aliphatic heterocycles. The maximum absolute atomic E-state index is 11.2. The molecule has 2 saturated carbocycles. The first-order valence-electron chi connectivity index (χ1n) is 13.2. The molecule has 2 aromatic rings. The number of rotatable bonds is 2. The Morgan fingerprint density at radius 2 is 1.94 bits per heavy atom. The number of fused-ring (bicyclic) bond motifs is 2. The van der Waals surface area contributed by atoms with Crippen LogP contribution in [0.3, 0.4) is 0 Å². The highest BCUT2D eigenvalue weighted by Gasteiger charge is 2.73. The molecule has 6 nitrogen and oxygen atoms in total. The third-order valence-corrected chi connectivity index (χ3v) is 11.1. The second-order valence-electron chi connectivity index (χ2n) is 12.2. The molecule has 36 heavy (non-hydrogen) atoms. The molecule has 2 bridgehead atoms. The molecular formula is C29H34ClN3O3. The normalized spacial score (nSPS) is 45.2. The molecule has 1 saturated heterocycles. The number of benzene rings is 1. The van der Waals surface area contributed by atoms with Crippen LogP contribution in [0.15, 0.2) is 48.2 Å².